The van der Waals surface area contributed by atoms with E-state index in [4.69, 9.17) is 5.26 Å². The molecule has 0 spiro atoms. The standard InChI is InChI=1S/C14H16N4/c1-3-4-14-13(9-15)16-17-18(14)10-12-7-5-11(2)6-8-12/h5-8H,3-4,10H2,1-2H3. The van der Waals surface area contributed by atoms with Gasteiger partial charge in [0, 0.05) is 0 Å². The van der Waals surface area contributed by atoms with Crippen molar-refractivity contribution >= 4 is 0 Å². The zero-order valence-electron chi connectivity index (χ0n) is 10.7. The molecule has 4 heteroatoms. The van der Waals surface area contributed by atoms with Gasteiger partial charge in [0.2, 0.25) is 0 Å². The van der Waals surface area contributed by atoms with Crippen molar-refractivity contribution in [2.45, 2.75) is 33.2 Å². The second-order valence-corrected chi connectivity index (χ2v) is 4.39. The Morgan fingerprint density at radius 2 is 2.00 bits per heavy atom. The quantitative estimate of drug-likeness (QED) is 0.824. The average Bonchev–Trinajstić information content (AvgIpc) is 2.75. The first-order valence-electron chi connectivity index (χ1n) is 6.12. The van der Waals surface area contributed by atoms with Crippen LogP contribution in [0.4, 0.5) is 0 Å². The predicted molar refractivity (Wildman–Crippen MR) is 69.0 cm³/mol. The molecule has 0 amide bonds. The highest BCUT2D eigenvalue weighted by molar-refractivity contribution is 5.26. The van der Waals surface area contributed by atoms with Crippen LogP contribution in [0.5, 0.6) is 0 Å². The number of hydrogen-bond acceptors (Lipinski definition) is 3. The van der Waals surface area contributed by atoms with Crippen LogP contribution in [0.1, 0.15) is 35.9 Å². The molecule has 4 nitrogen and oxygen atoms in total. The second-order valence-electron chi connectivity index (χ2n) is 4.39. The Hall–Kier alpha value is -2.15. The lowest BCUT2D eigenvalue weighted by Gasteiger charge is -2.06. The number of benzene rings is 1. The first-order chi connectivity index (χ1) is 8.74. The summed E-state index contributed by atoms with van der Waals surface area (Å²) in [5.41, 5.74) is 3.79. The molecule has 0 aliphatic heterocycles. The number of aryl methyl sites for hydroxylation is 1. The Labute approximate surface area is 107 Å². The van der Waals surface area contributed by atoms with Crippen molar-refractivity contribution < 1.29 is 0 Å². The molecular weight excluding hydrogens is 224 g/mol. The van der Waals surface area contributed by atoms with E-state index in [1.165, 1.54) is 11.1 Å². The van der Waals surface area contributed by atoms with Gasteiger partial charge in [-0.2, -0.15) is 5.26 Å². The van der Waals surface area contributed by atoms with Crippen LogP contribution in [0.2, 0.25) is 0 Å². The number of hydrogen-bond donors (Lipinski definition) is 0. The van der Waals surface area contributed by atoms with Gasteiger partial charge in [0.15, 0.2) is 5.69 Å². The van der Waals surface area contributed by atoms with E-state index in [1.54, 1.807) is 0 Å². The predicted octanol–water partition coefficient (Wildman–Crippen LogP) is 2.46. The molecule has 92 valence electrons. The lowest BCUT2D eigenvalue weighted by molar-refractivity contribution is 0.613. The van der Waals surface area contributed by atoms with Crippen molar-refractivity contribution in [1.29, 1.82) is 5.26 Å². The molecule has 1 aromatic heterocycles. The van der Waals surface area contributed by atoms with Crippen LogP contribution < -0.4 is 0 Å². The number of nitrogens with zero attached hydrogens (tertiary/aromatic N) is 4. The number of nitriles is 1. The molecule has 0 radical (unpaired) electrons. The fraction of sp³-hybridized carbons (Fsp3) is 0.357. The molecule has 2 aromatic rings. The summed E-state index contributed by atoms with van der Waals surface area (Å²) in [6.45, 7) is 4.82. The minimum Gasteiger partial charge on any atom is -0.244 e. The van der Waals surface area contributed by atoms with E-state index in [1.807, 2.05) is 4.68 Å². The van der Waals surface area contributed by atoms with Crippen LogP contribution >= 0.6 is 0 Å². The zero-order chi connectivity index (χ0) is 13.0. The summed E-state index contributed by atoms with van der Waals surface area (Å²) >= 11 is 0. The van der Waals surface area contributed by atoms with Crippen molar-refractivity contribution in [2.24, 2.45) is 0 Å². The van der Waals surface area contributed by atoms with E-state index in [0.717, 1.165) is 18.5 Å². The lowest BCUT2D eigenvalue weighted by atomic mass is 10.1. The molecule has 0 aliphatic rings. The largest absolute Gasteiger partial charge is 0.244 e. The number of rotatable bonds is 4. The maximum atomic E-state index is 9.00. The molecule has 0 atom stereocenters. The Bertz CT molecular complexity index is 560. The van der Waals surface area contributed by atoms with Gasteiger partial charge >= 0.3 is 0 Å². The van der Waals surface area contributed by atoms with Crippen LogP contribution in [-0.4, -0.2) is 15.0 Å². The third-order valence-electron chi connectivity index (χ3n) is 2.88. The molecule has 1 aromatic carbocycles. The third kappa shape index (κ3) is 2.57. The first-order valence-corrected chi connectivity index (χ1v) is 6.12. The van der Waals surface area contributed by atoms with Crippen LogP contribution in [0.15, 0.2) is 24.3 Å². The van der Waals surface area contributed by atoms with Crippen molar-refractivity contribution in [3.05, 3.63) is 46.8 Å². The van der Waals surface area contributed by atoms with Gasteiger partial charge in [0.1, 0.15) is 6.07 Å². The van der Waals surface area contributed by atoms with Gasteiger partial charge in [-0.15, -0.1) is 5.10 Å². The fourth-order valence-electron chi connectivity index (χ4n) is 1.90. The lowest BCUT2D eigenvalue weighted by Crippen LogP contribution is -2.07. The monoisotopic (exact) mass is 240 g/mol. The third-order valence-corrected chi connectivity index (χ3v) is 2.88. The summed E-state index contributed by atoms with van der Waals surface area (Å²) in [5, 5.41) is 17.0. The van der Waals surface area contributed by atoms with E-state index in [9.17, 15) is 0 Å². The summed E-state index contributed by atoms with van der Waals surface area (Å²) in [6.07, 6.45) is 1.82. The Morgan fingerprint density at radius 1 is 1.28 bits per heavy atom. The molecule has 0 saturated carbocycles. The van der Waals surface area contributed by atoms with E-state index in [2.05, 4.69) is 54.5 Å². The SMILES string of the molecule is CCCc1c(C#N)nnn1Cc1ccc(C)cc1. The van der Waals surface area contributed by atoms with Gasteiger partial charge in [-0.1, -0.05) is 48.4 Å². The summed E-state index contributed by atoms with van der Waals surface area (Å²) in [7, 11) is 0. The van der Waals surface area contributed by atoms with Gasteiger partial charge in [-0.05, 0) is 18.9 Å². The van der Waals surface area contributed by atoms with Crippen LogP contribution in [0, 0.1) is 18.3 Å². The molecule has 1 heterocycles. The highest BCUT2D eigenvalue weighted by atomic mass is 15.4. The molecule has 0 bridgehead atoms. The summed E-state index contributed by atoms with van der Waals surface area (Å²) in [5.74, 6) is 0. The maximum absolute atomic E-state index is 9.00. The molecule has 2 rings (SSSR count). The van der Waals surface area contributed by atoms with Gasteiger partial charge in [0.05, 0.1) is 12.2 Å². The van der Waals surface area contributed by atoms with E-state index in [0.29, 0.717) is 12.2 Å². The highest BCUT2D eigenvalue weighted by Crippen LogP contribution is 2.11. The van der Waals surface area contributed by atoms with Crippen molar-refractivity contribution in [2.75, 3.05) is 0 Å². The van der Waals surface area contributed by atoms with Crippen LogP contribution in [0.25, 0.3) is 0 Å². The maximum Gasteiger partial charge on any atom is 0.185 e. The molecule has 0 unspecified atom stereocenters. The Morgan fingerprint density at radius 3 is 2.61 bits per heavy atom. The normalized spacial score (nSPS) is 10.3. The van der Waals surface area contributed by atoms with Crippen molar-refractivity contribution in [1.82, 2.24) is 15.0 Å². The number of aromatic nitrogens is 3. The van der Waals surface area contributed by atoms with Crippen LogP contribution in [0.3, 0.4) is 0 Å². The van der Waals surface area contributed by atoms with E-state index < -0.39 is 0 Å². The van der Waals surface area contributed by atoms with Gasteiger partial charge in [-0.25, -0.2) is 4.68 Å². The zero-order valence-corrected chi connectivity index (χ0v) is 10.7. The Kier molecular flexibility index (Phi) is 3.73. The molecule has 0 N–H and O–H groups in total. The summed E-state index contributed by atoms with van der Waals surface area (Å²) < 4.78 is 1.83. The fourth-order valence-corrected chi connectivity index (χ4v) is 1.90. The summed E-state index contributed by atoms with van der Waals surface area (Å²) in [6, 6.07) is 10.4. The Balaban J connectivity index is 2.26. The highest BCUT2D eigenvalue weighted by Gasteiger charge is 2.11. The van der Waals surface area contributed by atoms with E-state index >= 15 is 0 Å². The minimum atomic E-state index is 0.448. The van der Waals surface area contributed by atoms with Gasteiger partial charge < -0.3 is 0 Å². The molecule has 0 fully saturated rings. The second kappa shape index (κ2) is 5.46. The average molecular weight is 240 g/mol. The van der Waals surface area contributed by atoms with Crippen molar-refractivity contribution in [3.8, 4) is 6.07 Å². The minimum absolute atomic E-state index is 0.448. The molecule has 0 aliphatic carbocycles. The molecule has 18 heavy (non-hydrogen) atoms. The summed E-state index contributed by atoms with van der Waals surface area (Å²) in [4.78, 5) is 0. The smallest absolute Gasteiger partial charge is 0.185 e. The first kappa shape index (κ1) is 12.3. The van der Waals surface area contributed by atoms with Gasteiger partial charge in [-0.3, -0.25) is 0 Å². The molecular formula is C14H16N4. The van der Waals surface area contributed by atoms with Crippen molar-refractivity contribution in [3.63, 3.8) is 0 Å². The van der Waals surface area contributed by atoms with Crippen LogP contribution in [-0.2, 0) is 13.0 Å². The van der Waals surface area contributed by atoms with Gasteiger partial charge in [0.25, 0.3) is 0 Å². The molecule has 0 saturated heterocycles. The topological polar surface area (TPSA) is 54.5 Å². The van der Waals surface area contributed by atoms with E-state index in [-0.39, 0.29) is 0 Å².